The van der Waals surface area contributed by atoms with Gasteiger partial charge in [0.25, 0.3) is 5.91 Å². The van der Waals surface area contributed by atoms with Gasteiger partial charge in [-0.1, -0.05) is 0 Å². The number of hydrogen-bond acceptors (Lipinski definition) is 4. The lowest BCUT2D eigenvalue weighted by atomic mass is 9.90. The Hall–Kier alpha value is -1.49. The molecule has 2 rings (SSSR count). The number of nitrogens with two attached hydrogens (primary N) is 1. The van der Waals surface area contributed by atoms with E-state index in [0.29, 0.717) is 24.2 Å². The lowest BCUT2D eigenvalue weighted by molar-refractivity contribution is 0.0640. The van der Waals surface area contributed by atoms with Gasteiger partial charge < -0.3 is 10.6 Å². The van der Waals surface area contributed by atoms with Crippen LogP contribution in [0, 0.1) is 0 Å². The smallest absolute Gasteiger partial charge is 0.257 e. The summed E-state index contributed by atoms with van der Waals surface area (Å²) in [4.78, 5) is 22.1. The van der Waals surface area contributed by atoms with Crippen LogP contribution >= 0.6 is 0 Å². The fraction of sp³-hybridized carbons (Fsp3) is 0.615. The lowest BCUT2D eigenvalue weighted by Crippen LogP contribution is -2.44. The van der Waals surface area contributed by atoms with Gasteiger partial charge in [0, 0.05) is 31.0 Å². The molecule has 0 saturated heterocycles. The molecule has 1 aliphatic carbocycles. The molecule has 1 aromatic rings. The summed E-state index contributed by atoms with van der Waals surface area (Å²) in [7, 11) is 0. The lowest BCUT2D eigenvalue weighted by Gasteiger charge is -2.35. The van der Waals surface area contributed by atoms with Crippen LogP contribution < -0.4 is 5.73 Å². The molecule has 0 aliphatic heterocycles. The summed E-state index contributed by atoms with van der Waals surface area (Å²) in [5.41, 5.74) is 6.47. The third-order valence-electron chi connectivity index (χ3n) is 3.59. The molecule has 5 nitrogen and oxygen atoms in total. The van der Waals surface area contributed by atoms with E-state index >= 15 is 0 Å². The molecule has 1 fully saturated rings. The number of aromatic nitrogens is 2. The van der Waals surface area contributed by atoms with Gasteiger partial charge in [-0.15, -0.1) is 0 Å². The van der Waals surface area contributed by atoms with E-state index in [1.165, 1.54) is 6.33 Å². The Labute approximate surface area is 107 Å². The third-order valence-corrected chi connectivity index (χ3v) is 3.59. The molecule has 1 amide bonds. The van der Waals surface area contributed by atoms with E-state index in [1.807, 2.05) is 11.8 Å². The van der Waals surface area contributed by atoms with Crippen molar-refractivity contribution in [1.29, 1.82) is 0 Å². The van der Waals surface area contributed by atoms with Crippen molar-refractivity contribution in [1.82, 2.24) is 14.9 Å². The zero-order valence-electron chi connectivity index (χ0n) is 10.7. The van der Waals surface area contributed by atoms with Crippen molar-refractivity contribution >= 4 is 5.91 Å². The normalized spacial score (nSPS) is 23.7. The molecule has 0 aromatic carbocycles. The maximum atomic E-state index is 12.4. The van der Waals surface area contributed by atoms with Crippen molar-refractivity contribution in [2.45, 2.75) is 44.7 Å². The van der Waals surface area contributed by atoms with Crippen LogP contribution in [0.15, 0.2) is 18.7 Å². The van der Waals surface area contributed by atoms with Crippen LogP contribution in [0.25, 0.3) is 0 Å². The Kier molecular flexibility index (Phi) is 4.25. The summed E-state index contributed by atoms with van der Waals surface area (Å²) < 4.78 is 0. The Balaban J connectivity index is 2.07. The van der Waals surface area contributed by atoms with Gasteiger partial charge >= 0.3 is 0 Å². The summed E-state index contributed by atoms with van der Waals surface area (Å²) in [6.07, 6.45) is 8.58. The van der Waals surface area contributed by atoms with Crippen molar-refractivity contribution < 1.29 is 4.79 Å². The number of nitrogens with zero attached hydrogens (tertiary/aromatic N) is 3. The molecule has 0 bridgehead atoms. The van der Waals surface area contributed by atoms with E-state index < -0.39 is 0 Å². The largest absolute Gasteiger partial charge is 0.336 e. The average molecular weight is 248 g/mol. The van der Waals surface area contributed by atoms with Gasteiger partial charge in [0.05, 0.1) is 5.56 Å². The molecule has 1 saturated carbocycles. The molecule has 18 heavy (non-hydrogen) atoms. The zero-order chi connectivity index (χ0) is 13.0. The van der Waals surface area contributed by atoms with Crippen molar-refractivity contribution in [2.24, 2.45) is 5.73 Å². The molecule has 1 heterocycles. The first kappa shape index (κ1) is 13.0. The number of hydrogen-bond donors (Lipinski definition) is 1. The van der Waals surface area contributed by atoms with Crippen LogP contribution in [0.5, 0.6) is 0 Å². The molecule has 1 aliphatic rings. The highest BCUT2D eigenvalue weighted by molar-refractivity contribution is 5.93. The second-order valence-corrected chi connectivity index (χ2v) is 4.79. The summed E-state index contributed by atoms with van der Waals surface area (Å²) in [5.74, 6) is 0.0265. The third kappa shape index (κ3) is 2.85. The topological polar surface area (TPSA) is 72.1 Å². The molecular formula is C13H20N4O. The second-order valence-electron chi connectivity index (χ2n) is 4.79. The van der Waals surface area contributed by atoms with Crippen LogP contribution in [-0.4, -0.2) is 39.4 Å². The Bertz CT molecular complexity index is 387. The maximum Gasteiger partial charge on any atom is 0.257 e. The van der Waals surface area contributed by atoms with Gasteiger partial charge in [0.1, 0.15) is 6.33 Å². The van der Waals surface area contributed by atoms with Gasteiger partial charge in [-0.2, -0.15) is 0 Å². The standard InChI is InChI=1S/C13H20N4O/c1-2-17(12-5-3-11(14)4-6-12)13(18)10-7-15-9-16-8-10/h7-9,11-12H,2-6,14H2,1H3. The SMILES string of the molecule is CCN(C(=O)c1cncnc1)C1CCC(N)CC1. The fourth-order valence-electron chi connectivity index (χ4n) is 2.56. The van der Waals surface area contributed by atoms with E-state index in [9.17, 15) is 4.79 Å². The van der Waals surface area contributed by atoms with Crippen molar-refractivity contribution in [3.8, 4) is 0 Å². The van der Waals surface area contributed by atoms with E-state index in [-0.39, 0.29) is 5.91 Å². The van der Waals surface area contributed by atoms with Crippen molar-refractivity contribution in [3.05, 3.63) is 24.3 Å². The molecule has 1 aromatic heterocycles. The van der Waals surface area contributed by atoms with Gasteiger partial charge in [-0.05, 0) is 32.6 Å². The minimum Gasteiger partial charge on any atom is -0.336 e. The molecule has 0 spiro atoms. The summed E-state index contributed by atoms with van der Waals surface area (Å²) in [6, 6.07) is 0.609. The first-order chi connectivity index (χ1) is 8.72. The molecule has 2 N–H and O–H groups in total. The van der Waals surface area contributed by atoms with E-state index in [0.717, 1.165) is 25.7 Å². The maximum absolute atomic E-state index is 12.4. The molecular weight excluding hydrogens is 228 g/mol. The van der Waals surface area contributed by atoms with Crippen LogP contribution in [-0.2, 0) is 0 Å². The minimum atomic E-state index is 0.0265. The molecule has 0 unspecified atom stereocenters. The first-order valence-electron chi connectivity index (χ1n) is 6.54. The van der Waals surface area contributed by atoms with Crippen LogP contribution in [0.3, 0.4) is 0 Å². The predicted octanol–water partition coefficient (Wildman–Crippen LogP) is 1.21. The predicted molar refractivity (Wildman–Crippen MR) is 69.0 cm³/mol. The zero-order valence-corrected chi connectivity index (χ0v) is 10.7. The molecule has 0 radical (unpaired) electrons. The van der Waals surface area contributed by atoms with E-state index in [1.54, 1.807) is 12.4 Å². The highest BCUT2D eigenvalue weighted by Crippen LogP contribution is 2.23. The number of amides is 1. The molecule has 0 atom stereocenters. The summed E-state index contributed by atoms with van der Waals surface area (Å²) in [6.45, 7) is 2.73. The molecule has 5 heteroatoms. The highest BCUT2D eigenvalue weighted by Gasteiger charge is 2.27. The van der Waals surface area contributed by atoms with E-state index in [4.69, 9.17) is 5.73 Å². The fourth-order valence-corrected chi connectivity index (χ4v) is 2.56. The average Bonchev–Trinajstić information content (AvgIpc) is 2.42. The highest BCUT2D eigenvalue weighted by atomic mass is 16.2. The van der Waals surface area contributed by atoms with E-state index in [2.05, 4.69) is 9.97 Å². The quantitative estimate of drug-likeness (QED) is 0.872. The summed E-state index contributed by atoms with van der Waals surface area (Å²) >= 11 is 0. The van der Waals surface area contributed by atoms with Gasteiger partial charge in [0.15, 0.2) is 0 Å². The van der Waals surface area contributed by atoms with Gasteiger partial charge in [-0.25, -0.2) is 9.97 Å². The van der Waals surface area contributed by atoms with Gasteiger partial charge in [0.2, 0.25) is 0 Å². The Morgan fingerprint density at radius 3 is 2.50 bits per heavy atom. The Morgan fingerprint density at radius 1 is 1.33 bits per heavy atom. The van der Waals surface area contributed by atoms with Crippen molar-refractivity contribution in [2.75, 3.05) is 6.54 Å². The minimum absolute atomic E-state index is 0.0265. The number of rotatable bonds is 3. The monoisotopic (exact) mass is 248 g/mol. The van der Waals surface area contributed by atoms with Crippen LogP contribution in [0.1, 0.15) is 43.0 Å². The number of carbonyl (C=O) groups excluding carboxylic acids is 1. The van der Waals surface area contributed by atoms with Crippen molar-refractivity contribution in [3.63, 3.8) is 0 Å². The van der Waals surface area contributed by atoms with Crippen LogP contribution in [0.2, 0.25) is 0 Å². The second kappa shape index (κ2) is 5.91. The first-order valence-corrected chi connectivity index (χ1v) is 6.54. The molecule has 98 valence electrons. The summed E-state index contributed by atoms with van der Waals surface area (Å²) in [5, 5.41) is 0. The van der Waals surface area contributed by atoms with Gasteiger partial charge in [-0.3, -0.25) is 4.79 Å². The number of carbonyl (C=O) groups is 1. The Morgan fingerprint density at radius 2 is 1.94 bits per heavy atom. The van der Waals surface area contributed by atoms with Crippen LogP contribution in [0.4, 0.5) is 0 Å².